The van der Waals surface area contributed by atoms with Gasteiger partial charge in [-0.2, -0.15) is 5.10 Å². The first-order valence-corrected chi connectivity index (χ1v) is 8.30. The van der Waals surface area contributed by atoms with Gasteiger partial charge in [0.05, 0.1) is 0 Å². The maximum Gasteiger partial charge on any atom is 0.249 e. The van der Waals surface area contributed by atoms with Crippen LogP contribution in [-0.2, 0) is 22.4 Å². The topological polar surface area (TPSA) is 70.6 Å². The van der Waals surface area contributed by atoms with Crippen molar-refractivity contribution in [1.29, 1.82) is 0 Å². The zero-order valence-electron chi connectivity index (χ0n) is 14.4. The van der Waals surface area contributed by atoms with Crippen LogP contribution in [0.25, 0.3) is 0 Å². The van der Waals surface area contributed by atoms with Crippen LogP contribution in [0.15, 0.2) is 65.8 Å². The fourth-order valence-corrected chi connectivity index (χ4v) is 2.33. The Morgan fingerprint density at radius 1 is 0.880 bits per heavy atom. The molecule has 0 aliphatic heterocycles. The van der Waals surface area contributed by atoms with Crippen molar-refractivity contribution in [2.24, 2.45) is 5.10 Å². The number of hydrazone groups is 1. The number of nitrogens with zero attached hydrogens (tertiary/aromatic N) is 1. The maximum absolute atomic E-state index is 11.8. The highest BCUT2D eigenvalue weighted by atomic mass is 16.2. The van der Waals surface area contributed by atoms with E-state index in [0.717, 1.165) is 23.3 Å². The van der Waals surface area contributed by atoms with Crippen molar-refractivity contribution in [3.63, 3.8) is 0 Å². The van der Waals surface area contributed by atoms with Crippen molar-refractivity contribution in [2.75, 3.05) is 6.54 Å². The third-order valence-electron chi connectivity index (χ3n) is 3.57. The molecule has 0 spiro atoms. The van der Waals surface area contributed by atoms with E-state index < -0.39 is 5.91 Å². The Bertz CT molecular complexity index is 712. The summed E-state index contributed by atoms with van der Waals surface area (Å²) in [6.07, 6.45) is 1.17. The lowest BCUT2D eigenvalue weighted by molar-refractivity contribution is -0.129. The largest absolute Gasteiger partial charge is 0.355 e. The van der Waals surface area contributed by atoms with Crippen LogP contribution >= 0.6 is 0 Å². The summed E-state index contributed by atoms with van der Waals surface area (Å²) >= 11 is 0. The zero-order chi connectivity index (χ0) is 17.9. The SMILES string of the molecule is C/C(Cc1ccccc1)=N\NC(=O)CC(=O)NCCc1ccccc1. The highest BCUT2D eigenvalue weighted by molar-refractivity contribution is 5.97. The Balaban J connectivity index is 1.66. The molecule has 0 radical (unpaired) electrons. The molecule has 0 atom stereocenters. The Kier molecular flexibility index (Phi) is 7.38. The highest BCUT2D eigenvalue weighted by Crippen LogP contribution is 2.00. The zero-order valence-corrected chi connectivity index (χ0v) is 14.4. The van der Waals surface area contributed by atoms with E-state index in [-0.39, 0.29) is 12.3 Å². The first-order chi connectivity index (χ1) is 12.1. The Labute approximate surface area is 148 Å². The van der Waals surface area contributed by atoms with Crippen molar-refractivity contribution < 1.29 is 9.59 Å². The van der Waals surface area contributed by atoms with Gasteiger partial charge < -0.3 is 5.32 Å². The van der Waals surface area contributed by atoms with Crippen LogP contribution in [0, 0.1) is 0 Å². The van der Waals surface area contributed by atoms with Gasteiger partial charge in [0.15, 0.2) is 0 Å². The molecule has 2 rings (SSSR count). The van der Waals surface area contributed by atoms with Crippen LogP contribution in [0.5, 0.6) is 0 Å². The van der Waals surface area contributed by atoms with Crippen molar-refractivity contribution in [3.05, 3.63) is 71.8 Å². The quantitative estimate of drug-likeness (QED) is 0.441. The summed E-state index contributed by atoms with van der Waals surface area (Å²) in [5, 5.41) is 6.78. The van der Waals surface area contributed by atoms with Crippen LogP contribution in [0.4, 0.5) is 0 Å². The molecule has 5 nitrogen and oxygen atoms in total. The number of hydrogen-bond acceptors (Lipinski definition) is 3. The van der Waals surface area contributed by atoms with Crippen molar-refractivity contribution in [3.8, 4) is 0 Å². The minimum atomic E-state index is -0.412. The summed E-state index contributed by atoms with van der Waals surface area (Å²) in [4.78, 5) is 23.5. The molecule has 2 aromatic rings. The summed E-state index contributed by atoms with van der Waals surface area (Å²) in [5.74, 6) is -0.714. The molecule has 5 heteroatoms. The minimum absolute atomic E-state index is 0.225. The highest BCUT2D eigenvalue weighted by Gasteiger charge is 2.08. The van der Waals surface area contributed by atoms with Gasteiger partial charge in [0.1, 0.15) is 6.42 Å². The summed E-state index contributed by atoms with van der Waals surface area (Å²) in [6.45, 7) is 2.35. The lowest BCUT2D eigenvalue weighted by atomic mass is 10.1. The van der Waals surface area contributed by atoms with Crippen LogP contribution in [0.3, 0.4) is 0 Å². The molecular weight excluding hydrogens is 314 g/mol. The number of benzene rings is 2. The van der Waals surface area contributed by atoms with E-state index in [1.54, 1.807) is 0 Å². The van der Waals surface area contributed by atoms with Crippen molar-refractivity contribution >= 4 is 17.5 Å². The molecule has 0 aliphatic rings. The molecule has 130 valence electrons. The molecule has 0 aliphatic carbocycles. The molecular formula is C20H23N3O2. The molecule has 25 heavy (non-hydrogen) atoms. The van der Waals surface area contributed by atoms with Gasteiger partial charge in [0.2, 0.25) is 11.8 Å². The van der Waals surface area contributed by atoms with E-state index in [4.69, 9.17) is 0 Å². The molecule has 2 amide bonds. The molecule has 0 aromatic heterocycles. The smallest absolute Gasteiger partial charge is 0.249 e. The molecule has 0 heterocycles. The predicted octanol–water partition coefficient (Wildman–Crippen LogP) is 2.47. The third kappa shape index (κ3) is 7.44. The molecule has 0 saturated heterocycles. The van der Waals surface area contributed by atoms with Gasteiger partial charge in [-0.25, -0.2) is 5.43 Å². The lowest BCUT2D eigenvalue weighted by Gasteiger charge is -2.05. The number of carbonyl (C=O) groups is 2. The van der Waals surface area contributed by atoms with E-state index in [0.29, 0.717) is 13.0 Å². The number of hydrogen-bond donors (Lipinski definition) is 2. The lowest BCUT2D eigenvalue weighted by Crippen LogP contribution is -2.31. The second-order valence-electron chi connectivity index (χ2n) is 5.81. The van der Waals surface area contributed by atoms with Gasteiger partial charge in [-0.3, -0.25) is 9.59 Å². The molecule has 2 aromatic carbocycles. The molecule has 0 unspecified atom stereocenters. The van der Waals surface area contributed by atoms with Gasteiger partial charge in [-0.15, -0.1) is 0 Å². The van der Waals surface area contributed by atoms with E-state index in [1.807, 2.05) is 67.6 Å². The normalized spacial score (nSPS) is 11.0. The van der Waals surface area contributed by atoms with Gasteiger partial charge in [0.25, 0.3) is 0 Å². The second-order valence-corrected chi connectivity index (χ2v) is 5.81. The molecule has 0 fully saturated rings. The standard InChI is InChI=1S/C20H23N3O2/c1-16(14-18-10-6-3-7-11-18)22-23-20(25)15-19(24)21-13-12-17-8-4-2-5-9-17/h2-11H,12-15H2,1H3,(H,21,24)(H,23,25)/b22-16+. The summed E-state index contributed by atoms with van der Waals surface area (Å²) in [5.41, 5.74) is 5.48. The number of amides is 2. The van der Waals surface area contributed by atoms with Crippen LogP contribution in [-0.4, -0.2) is 24.1 Å². The predicted molar refractivity (Wildman–Crippen MR) is 99.2 cm³/mol. The van der Waals surface area contributed by atoms with Gasteiger partial charge in [0, 0.05) is 18.7 Å². The average molecular weight is 337 g/mol. The second kappa shape index (κ2) is 10.0. The Hall–Kier alpha value is -2.95. The van der Waals surface area contributed by atoms with Crippen LogP contribution < -0.4 is 10.7 Å². The van der Waals surface area contributed by atoms with E-state index >= 15 is 0 Å². The number of nitrogens with one attached hydrogen (secondary N) is 2. The number of rotatable bonds is 8. The van der Waals surface area contributed by atoms with Gasteiger partial charge in [-0.05, 0) is 24.5 Å². The molecule has 0 saturated carbocycles. The molecule has 2 N–H and O–H groups in total. The fraction of sp³-hybridized carbons (Fsp3) is 0.250. The summed E-state index contributed by atoms with van der Waals surface area (Å²) in [6, 6.07) is 19.7. The van der Waals surface area contributed by atoms with E-state index in [1.165, 1.54) is 0 Å². The third-order valence-corrected chi connectivity index (χ3v) is 3.57. The summed E-state index contributed by atoms with van der Waals surface area (Å²) < 4.78 is 0. The van der Waals surface area contributed by atoms with Crippen molar-refractivity contribution in [2.45, 2.75) is 26.2 Å². The Morgan fingerprint density at radius 3 is 2.12 bits per heavy atom. The fourth-order valence-electron chi connectivity index (χ4n) is 2.33. The average Bonchev–Trinajstić information content (AvgIpc) is 2.62. The minimum Gasteiger partial charge on any atom is -0.355 e. The van der Waals surface area contributed by atoms with Gasteiger partial charge in [-0.1, -0.05) is 60.7 Å². The van der Waals surface area contributed by atoms with Crippen LogP contribution in [0.1, 0.15) is 24.5 Å². The van der Waals surface area contributed by atoms with Gasteiger partial charge >= 0.3 is 0 Å². The first kappa shape index (κ1) is 18.4. The van der Waals surface area contributed by atoms with Crippen molar-refractivity contribution in [1.82, 2.24) is 10.7 Å². The number of carbonyl (C=O) groups excluding carboxylic acids is 2. The monoisotopic (exact) mass is 337 g/mol. The summed E-state index contributed by atoms with van der Waals surface area (Å²) in [7, 11) is 0. The Morgan fingerprint density at radius 2 is 1.48 bits per heavy atom. The maximum atomic E-state index is 11.8. The van der Waals surface area contributed by atoms with E-state index in [2.05, 4.69) is 15.8 Å². The van der Waals surface area contributed by atoms with E-state index in [9.17, 15) is 9.59 Å². The van der Waals surface area contributed by atoms with Crippen LogP contribution in [0.2, 0.25) is 0 Å². The first-order valence-electron chi connectivity index (χ1n) is 8.30. The molecule has 0 bridgehead atoms.